The van der Waals surface area contributed by atoms with Gasteiger partial charge in [-0.25, -0.2) is 0 Å². The van der Waals surface area contributed by atoms with Gasteiger partial charge in [-0.1, -0.05) is 19.3 Å². The standard InChI is InChI=1S/C11H18O3/c1-8(12)10(7-11(13)14)9-5-3-2-4-6-9/h9-10H,2-7H2,1H3,(H,13,14)/t10-/m1/s1. The van der Waals surface area contributed by atoms with E-state index in [4.69, 9.17) is 5.11 Å². The summed E-state index contributed by atoms with van der Waals surface area (Å²) in [6.07, 6.45) is 5.59. The Morgan fingerprint density at radius 3 is 2.29 bits per heavy atom. The van der Waals surface area contributed by atoms with E-state index >= 15 is 0 Å². The van der Waals surface area contributed by atoms with Crippen molar-refractivity contribution in [3.8, 4) is 0 Å². The van der Waals surface area contributed by atoms with E-state index in [0.717, 1.165) is 25.7 Å². The molecule has 3 heteroatoms. The molecule has 3 nitrogen and oxygen atoms in total. The highest BCUT2D eigenvalue weighted by Gasteiger charge is 2.28. The first-order valence-electron chi connectivity index (χ1n) is 5.33. The Hall–Kier alpha value is -0.860. The summed E-state index contributed by atoms with van der Waals surface area (Å²) in [5.41, 5.74) is 0. The van der Waals surface area contributed by atoms with Crippen LogP contribution in [0.4, 0.5) is 0 Å². The topological polar surface area (TPSA) is 54.4 Å². The Labute approximate surface area is 84.5 Å². The van der Waals surface area contributed by atoms with Gasteiger partial charge in [0.1, 0.15) is 5.78 Å². The molecule has 1 fully saturated rings. The van der Waals surface area contributed by atoms with Crippen LogP contribution in [0.25, 0.3) is 0 Å². The number of carbonyl (C=O) groups excluding carboxylic acids is 1. The lowest BCUT2D eigenvalue weighted by molar-refractivity contribution is -0.141. The zero-order valence-electron chi connectivity index (χ0n) is 8.66. The SMILES string of the molecule is CC(=O)[C@@H](CC(=O)O)C1CCCCC1. The van der Waals surface area contributed by atoms with E-state index in [0.29, 0.717) is 5.92 Å². The highest BCUT2D eigenvalue weighted by Crippen LogP contribution is 2.32. The predicted molar refractivity (Wildman–Crippen MR) is 53.0 cm³/mol. The van der Waals surface area contributed by atoms with Crippen LogP contribution in [0.5, 0.6) is 0 Å². The molecular weight excluding hydrogens is 180 g/mol. The highest BCUT2D eigenvalue weighted by atomic mass is 16.4. The second kappa shape index (κ2) is 5.13. The third-order valence-electron chi connectivity index (χ3n) is 3.14. The number of ketones is 1. The monoisotopic (exact) mass is 198 g/mol. The Kier molecular flexibility index (Phi) is 4.11. The van der Waals surface area contributed by atoms with E-state index in [2.05, 4.69) is 0 Å². The quantitative estimate of drug-likeness (QED) is 0.753. The van der Waals surface area contributed by atoms with Crippen molar-refractivity contribution in [3.05, 3.63) is 0 Å². The van der Waals surface area contributed by atoms with Crippen LogP contribution in [-0.2, 0) is 9.59 Å². The molecule has 0 aromatic heterocycles. The lowest BCUT2D eigenvalue weighted by atomic mass is 9.77. The average molecular weight is 198 g/mol. The first-order valence-corrected chi connectivity index (χ1v) is 5.33. The average Bonchev–Trinajstić information content (AvgIpc) is 2.15. The van der Waals surface area contributed by atoms with E-state index in [1.165, 1.54) is 13.3 Å². The third kappa shape index (κ3) is 3.13. The number of aliphatic carboxylic acids is 1. The van der Waals surface area contributed by atoms with Gasteiger partial charge in [0.2, 0.25) is 0 Å². The lowest BCUT2D eigenvalue weighted by Crippen LogP contribution is -2.26. The molecule has 0 radical (unpaired) electrons. The zero-order chi connectivity index (χ0) is 10.6. The molecule has 0 aromatic carbocycles. The number of carboxylic acids is 1. The molecule has 0 amide bonds. The van der Waals surface area contributed by atoms with Gasteiger partial charge < -0.3 is 5.11 Å². The van der Waals surface area contributed by atoms with Crippen LogP contribution >= 0.6 is 0 Å². The normalized spacial score (nSPS) is 20.4. The van der Waals surface area contributed by atoms with Crippen molar-refractivity contribution in [2.75, 3.05) is 0 Å². The van der Waals surface area contributed by atoms with Crippen molar-refractivity contribution in [1.82, 2.24) is 0 Å². The molecule has 0 saturated heterocycles. The minimum Gasteiger partial charge on any atom is -0.481 e. The number of rotatable bonds is 4. The fourth-order valence-corrected chi connectivity index (χ4v) is 2.37. The summed E-state index contributed by atoms with van der Waals surface area (Å²) in [5.74, 6) is -0.736. The lowest BCUT2D eigenvalue weighted by Gasteiger charge is -2.27. The van der Waals surface area contributed by atoms with E-state index in [1.54, 1.807) is 0 Å². The minimum absolute atomic E-state index is 0.0139. The Balaban J connectivity index is 2.56. The summed E-state index contributed by atoms with van der Waals surface area (Å²) in [6, 6.07) is 0. The molecule has 0 bridgehead atoms. The van der Waals surface area contributed by atoms with Crippen LogP contribution in [0.2, 0.25) is 0 Å². The summed E-state index contributed by atoms with van der Waals surface area (Å²) in [7, 11) is 0. The van der Waals surface area contributed by atoms with E-state index in [9.17, 15) is 9.59 Å². The first-order chi connectivity index (χ1) is 6.61. The van der Waals surface area contributed by atoms with Crippen molar-refractivity contribution >= 4 is 11.8 Å². The van der Waals surface area contributed by atoms with Crippen LogP contribution in [-0.4, -0.2) is 16.9 Å². The molecule has 1 saturated carbocycles. The van der Waals surface area contributed by atoms with Gasteiger partial charge in [0, 0.05) is 5.92 Å². The molecule has 1 aliphatic rings. The van der Waals surface area contributed by atoms with Gasteiger partial charge in [-0.2, -0.15) is 0 Å². The fourth-order valence-electron chi connectivity index (χ4n) is 2.37. The Morgan fingerprint density at radius 1 is 1.29 bits per heavy atom. The molecule has 0 aliphatic heterocycles. The number of hydrogen-bond donors (Lipinski definition) is 1. The largest absolute Gasteiger partial charge is 0.481 e. The van der Waals surface area contributed by atoms with Crippen LogP contribution in [0, 0.1) is 11.8 Å². The molecule has 1 aliphatic carbocycles. The van der Waals surface area contributed by atoms with Crippen molar-refractivity contribution in [2.24, 2.45) is 11.8 Å². The number of carbonyl (C=O) groups is 2. The van der Waals surface area contributed by atoms with Crippen LogP contribution in [0.1, 0.15) is 45.4 Å². The predicted octanol–water partition coefficient (Wildman–Crippen LogP) is 2.25. The highest BCUT2D eigenvalue weighted by molar-refractivity contribution is 5.83. The maximum absolute atomic E-state index is 11.3. The van der Waals surface area contributed by atoms with Crippen molar-refractivity contribution in [3.63, 3.8) is 0 Å². The minimum atomic E-state index is -0.851. The summed E-state index contributed by atoms with van der Waals surface area (Å²) in [4.78, 5) is 21.9. The number of hydrogen-bond acceptors (Lipinski definition) is 2. The Morgan fingerprint density at radius 2 is 1.86 bits per heavy atom. The van der Waals surface area contributed by atoms with Crippen molar-refractivity contribution < 1.29 is 14.7 Å². The van der Waals surface area contributed by atoms with Gasteiger partial charge in [0.05, 0.1) is 6.42 Å². The Bertz CT molecular complexity index is 217. The van der Waals surface area contributed by atoms with Gasteiger partial charge in [-0.3, -0.25) is 9.59 Å². The second-order valence-electron chi connectivity index (χ2n) is 4.21. The van der Waals surface area contributed by atoms with E-state index in [-0.39, 0.29) is 18.1 Å². The maximum Gasteiger partial charge on any atom is 0.304 e. The fraction of sp³-hybridized carbons (Fsp3) is 0.818. The summed E-state index contributed by atoms with van der Waals surface area (Å²) in [5, 5.41) is 8.71. The second-order valence-corrected chi connectivity index (χ2v) is 4.21. The van der Waals surface area contributed by atoms with Gasteiger partial charge in [0.25, 0.3) is 0 Å². The molecule has 0 spiro atoms. The van der Waals surface area contributed by atoms with Gasteiger partial charge >= 0.3 is 5.97 Å². The summed E-state index contributed by atoms with van der Waals surface area (Å²) < 4.78 is 0. The van der Waals surface area contributed by atoms with Crippen LogP contribution < -0.4 is 0 Å². The summed E-state index contributed by atoms with van der Waals surface area (Å²) in [6.45, 7) is 1.52. The van der Waals surface area contributed by atoms with Crippen molar-refractivity contribution in [2.45, 2.75) is 45.4 Å². The molecule has 0 heterocycles. The smallest absolute Gasteiger partial charge is 0.304 e. The van der Waals surface area contributed by atoms with E-state index in [1.807, 2.05) is 0 Å². The van der Waals surface area contributed by atoms with Gasteiger partial charge in [-0.15, -0.1) is 0 Å². The molecule has 1 atom stereocenters. The molecule has 1 N–H and O–H groups in total. The molecule has 0 unspecified atom stereocenters. The summed E-state index contributed by atoms with van der Waals surface area (Å²) >= 11 is 0. The van der Waals surface area contributed by atoms with Crippen LogP contribution in [0.15, 0.2) is 0 Å². The third-order valence-corrected chi connectivity index (χ3v) is 3.14. The van der Waals surface area contributed by atoms with Crippen LogP contribution in [0.3, 0.4) is 0 Å². The maximum atomic E-state index is 11.3. The molecular formula is C11H18O3. The van der Waals surface area contributed by atoms with Gasteiger partial charge in [-0.05, 0) is 25.7 Å². The number of Topliss-reactive ketones (excluding diaryl/α,β-unsaturated/α-hetero) is 1. The molecule has 14 heavy (non-hydrogen) atoms. The zero-order valence-corrected chi connectivity index (χ0v) is 8.66. The molecule has 80 valence electrons. The first kappa shape index (κ1) is 11.2. The van der Waals surface area contributed by atoms with E-state index < -0.39 is 5.97 Å². The van der Waals surface area contributed by atoms with Gasteiger partial charge in [0.15, 0.2) is 0 Å². The molecule has 0 aromatic rings. The molecule has 1 rings (SSSR count). The number of carboxylic acid groups (broad SMARTS) is 1. The van der Waals surface area contributed by atoms with Crippen molar-refractivity contribution in [1.29, 1.82) is 0 Å².